The van der Waals surface area contributed by atoms with Gasteiger partial charge in [0, 0.05) is 36.6 Å². The van der Waals surface area contributed by atoms with Crippen molar-refractivity contribution in [2.75, 3.05) is 26.2 Å². The van der Waals surface area contributed by atoms with Gasteiger partial charge in [-0.2, -0.15) is 0 Å². The van der Waals surface area contributed by atoms with E-state index in [1.54, 1.807) is 0 Å². The van der Waals surface area contributed by atoms with Crippen LogP contribution in [-0.2, 0) is 17.8 Å². The van der Waals surface area contributed by atoms with Crippen LogP contribution in [0.1, 0.15) is 11.1 Å². The summed E-state index contributed by atoms with van der Waals surface area (Å²) in [7, 11) is 0. The van der Waals surface area contributed by atoms with E-state index in [1.165, 1.54) is 0 Å². The van der Waals surface area contributed by atoms with Crippen molar-refractivity contribution in [2.24, 2.45) is 0 Å². The summed E-state index contributed by atoms with van der Waals surface area (Å²) in [5, 5.41) is 3.78. The van der Waals surface area contributed by atoms with E-state index in [0.29, 0.717) is 19.7 Å². The van der Waals surface area contributed by atoms with Gasteiger partial charge in [0.15, 0.2) is 0 Å². The molecule has 0 aromatic heterocycles. The first-order chi connectivity index (χ1) is 8.74. The first-order valence-corrected chi connectivity index (χ1v) is 6.54. The average Bonchev–Trinajstić information content (AvgIpc) is 2.80. The number of carbonyl (C=O) groups is 1. The first-order valence-electron chi connectivity index (χ1n) is 6.16. The number of carbonyl (C=O) groups excluding carboxylic acids is 1. The summed E-state index contributed by atoms with van der Waals surface area (Å²) in [6.45, 7) is 3.29. The van der Waals surface area contributed by atoms with E-state index in [0.717, 1.165) is 41.4 Å². The van der Waals surface area contributed by atoms with Gasteiger partial charge in [0.25, 0.3) is 0 Å². The van der Waals surface area contributed by atoms with Crippen molar-refractivity contribution < 1.29 is 9.53 Å². The fourth-order valence-corrected chi connectivity index (χ4v) is 2.75. The number of nitrogens with zero attached hydrogens (tertiary/aromatic N) is 1. The largest absolute Gasteiger partial charge is 0.493 e. The van der Waals surface area contributed by atoms with Gasteiger partial charge in [-0.05, 0) is 17.7 Å². The Bertz CT molecular complexity index is 490. The molecule has 1 N–H and O–H groups in total. The van der Waals surface area contributed by atoms with Crippen LogP contribution in [0.2, 0.25) is 5.02 Å². The van der Waals surface area contributed by atoms with E-state index < -0.39 is 0 Å². The summed E-state index contributed by atoms with van der Waals surface area (Å²) in [4.78, 5) is 13.6. The van der Waals surface area contributed by atoms with Crippen LogP contribution in [0.15, 0.2) is 12.1 Å². The highest BCUT2D eigenvalue weighted by Crippen LogP contribution is 2.33. The fraction of sp³-hybridized carbons (Fsp3) is 0.462. The van der Waals surface area contributed by atoms with Crippen molar-refractivity contribution in [3.8, 4) is 5.75 Å². The minimum atomic E-state index is 0.132. The third-order valence-corrected chi connectivity index (χ3v) is 3.59. The molecule has 0 unspecified atom stereocenters. The lowest BCUT2D eigenvalue weighted by Gasteiger charge is -2.28. The maximum Gasteiger partial charge on any atom is 0.236 e. The number of nitrogens with one attached hydrogen (secondary N) is 1. The molecule has 1 amide bonds. The van der Waals surface area contributed by atoms with E-state index in [4.69, 9.17) is 16.3 Å². The number of hydrogen-bond acceptors (Lipinski definition) is 3. The summed E-state index contributed by atoms with van der Waals surface area (Å²) in [6, 6.07) is 3.86. The van der Waals surface area contributed by atoms with Crippen molar-refractivity contribution in [3.05, 3.63) is 28.3 Å². The second-order valence-electron chi connectivity index (χ2n) is 4.64. The summed E-state index contributed by atoms with van der Waals surface area (Å²) in [5.74, 6) is 1.05. The summed E-state index contributed by atoms with van der Waals surface area (Å²) >= 11 is 6.11. The quantitative estimate of drug-likeness (QED) is 0.875. The summed E-state index contributed by atoms with van der Waals surface area (Å²) in [6.07, 6.45) is 0.901. The Kier molecular flexibility index (Phi) is 3.14. The van der Waals surface area contributed by atoms with Crippen LogP contribution in [0.25, 0.3) is 0 Å². The Hall–Kier alpha value is -1.26. The predicted octanol–water partition coefficient (Wildman–Crippen LogP) is 1.21. The Morgan fingerprint density at radius 2 is 2.33 bits per heavy atom. The summed E-state index contributed by atoms with van der Waals surface area (Å²) in [5.41, 5.74) is 2.17. The van der Waals surface area contributed by atoms with Crippen LogP contribution in [0.5, 0.6) is 5.75 Å². The molecule has 1 aromatic carbocycles. The molecule has 2 aliphatic heterocycles. The van der Waals surface area contributed by atoms with E-state index in [2.05, 4.69) is 5.32 Å². The Labute approximate surface area is 111 Å². The van der Waals surface area contributed by atoms with Crippen LogP contribution < -0.4 is 10.1 Å². The maximum absolute atomic E-state index is 11.8. The van der Waals surface area contributed by atoms with Gasteiger partial charge < -0.3 is 15.0 Å². The molecular formula is C13H15ClN2O2. The highest BCUT2D eigenvalue weighted by molar-refractivity contribution is 6.30. The lowest BCUT2D eigenvalue weighted by atomic mass is 10.1. The molecule has 5 heteroatoms. The van der Waals surface area contributed by atoms with Crippen molar-refractivity contribution >= 4 is 17.5 Å². The molecule has 2 aliphatic rings. The highest BCUT2D eigenvalue weighted by Gasteiger charge is 2.22. The predicted molar refractivity (Wildman–Crippen MR) is 68.9 cm³/mol. The van der Waals surface area contributed by atoms with Gasteiger partial charge in [-0.25, -0.2) is 0 Å². The molecule has 3 rings (SSSR count). The van der Waals surface area contributed by atoms with Gasteiger partial charge >= 0.3 is 0 Å². The molecule has 18 heavy (non-hydrogen) atoms. The molecule has 1 fully saturated rings. The number of rotatable bonds is 2. The molecule has 0 spiro atoms. The molecule has 0 saturated carbocycles. The van der Waals surface area contributed by atoms with Crippen LogP contribution in [0.3, 0.4) is 0 Å². The average molecular weight is 267 g/mol. The number of amides is 1. The van der Waals surface area contributed by atoms with E-state index in [1.807, 2.05) is 17.0 Å². The normalized spacial score (nSPS) is 18.7. The van der Waals surface area contributed by atoms with Crippen LogP contribution in [0.4, 0.5) is 0 Å². The Morgan fingerprint density at radius 1 is 1.44 bits per heavy atom. The lowest BCUT2D eigenvalue weighted by Crippen LogP contribution is -2.47. The maximum atomic E-state index is 11.8. The molecule has 0 bridgehead atoms. The van der Waals surface area contributed by atoms with Gasteiger partial charge in [-0.3, -0.25) is 4.79 Å². The first kappa shape index (κ1) is 11.8. The molecule has 4 nitrogen and oxygen atoms in total. The zero-order valence-electron chi connectivity index (χ0n) is 10.0. The zero-order chi connectivity index (χ0) is 12.5. The summed E-state index contributed by atoms with van der Waals surface area (Å²) < 4.78 is 5.65. The molecule has 0 atom stereocenters. The molecular weight excluding hydrogens is 252 g/mol. The number of ether oxygens (including phenoxy) is 1. The minimum Gasteiger partial charge on any atom is -0.493 e. The van der Waals surface area contributed by atoms with Crippen molar-refractivity contribution in [1.82, 2.24) is 10.2 Å². The monoisotopic (exact) mass is 266 g/mol. The number of piperazine rings is 1. The molecule has 2 heterocycles. The second-order valence-corrected chi connectivity index (χ2v) is 5.08. The number of halogens is 1. The van der Waals surface area contributed by atoms with Crippen molar-refractivity contribution in [3.63, 3.8) is 0 Å². The fourth-order valence-electron chi connectivity index (χ4n) is 2.48. The number of hydrogen-bond donors (Lipinski definition) is 1. The van der Waals surface area contributed by atoms with Crippen LogP contribution in [0, 0.1) is 0 Å². The number of fused-ring (bicyclic) bond motifs is 1. The van der Waals surface area contributed by atoms with E-state index in [9.17, 15) is 4.79 Å². The molecule has 96 valence electrons. The lowest BCUT2D eigenvalue weighted by molar-refractivity contribution is -0.132. The van der Waals surface area contributed by atoms with Gasteiger partial charge in [-0.15, -0.1) is 0 Å². The molecule has 0 radical (unpaired) electrons. The molecule has 0 aliphatic carbocycles. The number of benzene rings is 1. The van der Waals surface area contributed by atoms with Crippen molar-refractivity contribution in [2.45, 2.75) is 13.0 Å². The molecule has 1 saturated heterocycles. The Balaban J connectivity index is 1.86. The van der Waals surface area contributed by atoms with Crippen LogP contribution in [-0.4, -0.2) is 37.0 Å². The van der Waals surface area contributed by atoms with E-state index in [-0.39, 0.29) is 5.91 Å². The van der Waals surface area contributed by atoms with Crippen LogP contribution >= 0.6 is 11.6 Å². The van der Waals surface area contributed by atoms with Crippen molar-refractivity contribution in [1.29, 1.82) is 0 Å². The third-order valence-electron chi connectivity index (χ3n) is 3.37. The minimum absolute atomic E-state index is 0.132. The second kappa shape index (κ2) is 4.78. The van der Waals surface area contributed by atoms with Gasteiger partial charge in [0.05, 0.1) is 13.2 Å². The van der Waals surface area contributed by atoms with Gasteiger partial charge in [0.1, 0.15) is 5.75 Å². The SMILES string of the molecule is O=C1CNCCN1Cc1cc(Cl)cc2c1OCC2. The van der Waals surface area contributed by atoms with Gasteiger partial charge in [0.2, 0.25) is 5.91 Å². The standard InChI is InChI=1S/C13H15ClN2O2/c14-11-5-9-1-4-18-13(9)10(6-11)8-16-3-2-15-7-12(16)17/h5-6,15H,1-4,7-8H2. The third kappa shape index (κ3) is 2.18. The zero-order valence-corrected chi connectivity index (χ0v) is 10.8. The molecule has 1 aromatic rings. The Morgan fingerprint density at radius 3 is 3.17 bits per heavy atom. The smallest absolute Gasteiger partial charge is 0.236 e. The highest BCUT2D eigenvalue weighted by atomic mass is 35.5. The van der Waals surface area contributed by atoms with E-state index >= 15 is 0 Å². The van der Waals surface area contributed by atoms with Gasteiger partial charge in [-0.1, -0.05) is 11.6 Å². The topological polar surface area (TPSA) is 41.6 Å².